The van der Waals surface area contributed by atoms with Gasteiger partial charge in [0.2, 0.25) is 0 Å². The van der Waals surface area contributed by atoms with Crippen LogP contribution >= 0.6 is 11.6 Å². The molecule has 9 heteroatoms. The van der Waals surface area contributed by atoms with Crippen LogP contribution in [-0.4, -0.2) is 39.3 Å². The van der Waals surface area contributed by atoms with Gasteiger partial charge in [0.05, 0.1) is 12.1 Å². The number of likely N-dealkylation sites (tertiary alicyclic amines) is 1. The highest BCUT2D eigenvalue weighted by atomic mass is 35.5. The van der Waals surface area contributed by atoms with Crippen LogP contribution in [0.3, 0.4) is 0 Å². The second kappa shape index (κ2) is 7.23. The van der Waals surface area contributed by atoms with E-state index in [9.17, 15) is 23.1 Å². The molecule has 1 fully saturated rings. The lowest BCUT2D eigenvalue weighted by Gasteiger charge is -2.42. The number of hydrogen-bond acceptors (Lipinski definition) is 4. The van der Waals surface area contributed by atoms with Crippen LogP contribution in [0, 0.1) is 5.92 Å². The van der Waals surface area contributed by atoms with E-state index in [1.165, 1.54) is 4.90 Å². The first-order valence-corrected chi connectivity index (χ1v) is 8.58. The first-order chi connectivity index (χ1) is 11.8. The van der Waals surface area contributed by atoms with Crippen LogP contribution in [0.25, 0.3) is 0 Å². The molecule has 26 heavy (non-hydrogen) atoms. The van der Waals surface area contributed by atoms with Gasteiger partial charge in [-0.2, -0.15) is 13.2 Å². The molecule has 1 aromatic rings. The first-order valence-electron chi connectivity index (χ1n) is 8.21. The lowest BCUT2D eigenvalue weighted by Crippen LogP contribution is -2.49. The zero-order valence-electron chi connectivity index (χ0n) is 15.0. The summed E-state index contributed by atoms with van der Waals surface area (Å²) < 4.78 is 43.8. The number of ether oxygens (including phenoxy) is 1. The molecule has 1 saturated heterocycles. The molecule has 146 valence electrons. The molecule has 0 unspecified atom stereocenters. The van der Waals surface area contributed by atoms with Crippen LogP contribution in [-0.2, 0) is 10.9 Å². The molecule has 1 amide bonds. The first kappa shape index (κ1) is 20.8. The summed E-state index contributed by atoms with van der Waals surface area (Å²) in [6.07, 6.45) is -5.92. The maximum absolute atomic E-state index is 12.8. The number of aromatic nitrogens is 1. The van der Waals surface area contributed by atoms with Gasteiger partial charge in [0.1, 0.15) is 16.4 Å². The molecule has 0 spiro atoms. The second-order valence-corrected chi connectivity index (χ2v) is 7.92. The van der Waals surface area contributed by atoms with Crippen molar-refractivity contribution in [1.29, 1.82) is 0 Å². The number of aliphatic hydroxyl groups excluding tert-OH is 1. The summed E-state index contributed by atoms with van der Waals surface area (Å²) in [6.45, 7) is 7.26. The number of hydrogen-bond donors (Lipinski definition) is 1. The minimum absolute atomic E-state index is 0.00467. The molecule has 3 atom stereocenters. The number of piperidine rings is 1. The smallest absolute Gasteiger partial charge is 0.433 e. The number of amides is 1. The minimum Gasteiger partial charge on any atom is -0.444 e. The van der Waals surface area contributed by atoms with Crippen LogP contribution in [0.1, 0.15) is 51.4 Å². The van der Waals surface area contributed by atoms with Crippen LogP contribution in [0.4, 0.5) is 18.0 Å². The lowest BCUT2D eigenvalue weighted by molar-refractivity contribution is -0.141. The Hall–Kier alpha value is -1.54. The summed E-state index contributed by atoms with van der Waals surface area (Å²) in [4.78, 5) is 17.3. The summed E-state index contributed by atoms with van der Waals surface area (Å²) >= 11 is 5.97. The predicted octanol–water partition coefficient (Wildman–Crippen LogP) is 4.43. The van der Waals surface area contributed by atoms with E-state index in [4.69, 9.17) is 16.3 Å². The number of alkyl halides is 3. The third kappa shape index (κ3) is 4.79. The standard InChI is InChI=1S/C17H22ClF3N2O3/c1-9-7-11(24)13(23(8-9)15(25)26-16(2,3)4)10-5-6-12(17(19,20)21)22-14(10)18/h5-6,9,11,13,24H,7-8H2,1-4H3/t9-,11-,13-/m0/s1. The highest BCUT2D eigenvalue weighted by Crippen LogP contribution is 2.38. The van der Waals surface area contributed by atoms with Gasteiger partial charge in [-0.25, -0.2) is 9.78 Å². The quantitative estimate of drug-likeness (QED) is 0.715. The lowest BCUT2D eigenvalue weighted by atomic mass is 9.88. The molecular weight excluding hydrogens is 373 g/mol. The van der Waals surface area contributed by atoms with E-state index >= 15 is 0 Å². The molecule has 1 aliphatic rings. The number of carbonyl (C=O) groups excluding carboxylic acids is 1. The van der Waals surface area contributed by atoms with Crippen LogP contribution < -0.4 is 0 Å². The zero-order valence-corrected chi connectivity index (χ0v) is 15.7. The Balaban J connectivity index is 2.41. The van der Waals surface area contributed by atoms with Crippen molar-refractivity contribution in [3.63, 3.8) is 0 Å². The highest BCUT2D eigenvalue weighted by Gasteiger charge is 2.41. The number of aliphatic hydroxyl groups is 1. The van der Waals surface area contributed by atoms with Crippen molar-refractivity contribution in [1.82, 2.24) is 9.88 Å². The number of nitrogens with zero attached hydrogens (tertiary/aromatic N) is 2. The van der Waals surface area contributed by atoms with E-state index in [1.807, 2.05) is 6.92 Å². The fourth-order valence-corrected chi connectivity index (χ4v) is 3.25. The van der Waals surface area contributed by atoms with Crippen molar-refractivity contribution in [2.75, 3.05) is 6.54 Å². The molecule has 0 aliphatic carbocycles. The van der Waals surface area contributed by atoms with Crippen LogP contribution in [0.5, 0.6) is 0 Å². The molecule has 1 aliphatic heterocycles. The van der Waals surface area contributed by atoms with Gasteiger partial charge in [-0.15, -0.1) is 0 Å². The van der Waals surface area contributed by atoms with E-state index in [0.29, 0.717) is 6.42 Å². The fourth-order valence-electron chi connectivity index (χ4n) is 2.98. The maximum Gasteiger partial charge on any atom is 0.433 e. The molecule has 0 saturated carbocycles. The van der Waals surface area contributed by atoms with Crippen molar-refractivity contribution < 1.29 is 27.8 Å². The monoisotopic (exact) mass is 394 g/mol. The third-order valence-corrected chi connectivity index (χ3v) is 4.27. The zero-order chi connectivity index (χ0) is 19.9. The van der Waals surface area contributed by atoms with Gasteiger partial charge < -0.3 is 9.84 Å². The molecule has 2 rings (SSSR count). The summed E-state index contributed by atoms with van der Waals surface area (Å²) in [7, 11) is 0. The van der Waals surface area contributed by atoms with E-state index in [1.54, 1.807) is 20.8 Å². The molecule has 1 aromatic heterocycles. The summed E-state index contributed by atoms with van der Waals surface area (Å²) in [5, 5.41) is 10.1. The molecule has 1 N–H and O–H groups in total. The van der Waals surface area contributed by atoms with Crippen molar-refractivity contribution in [2.24, 2.45) is 5.92 Å². The van der Waals surface area contributed by atoms with Crippen LogP contribution in [0.2, 0.25) is 5.15 Å². The average molecular weight is 395 g/mol. The number of rotatable bonds is 1. The van der Waals surface area contributed by atoms with Crippen molar-refractivity contribution in [3.8, 4) is 0 Å². The SMILES string of the molecule is C[C@H]1C[C@H](O)[C@H](c2ccc(C(F)(F)F)nc2Cl)N(C(=O)OC(C)(C)C)C1. The van der Waals surface area contributed by atoms with Crippen molar-refractivity contribution in [3.05, 3.63) is 28.5 Å². The Morgan fingerprint density at radius 1 is 1.35 bits per heavy atom. The number of halogens is 4. The molecule has 0 radical (unpaired) electrons. The van der Waals surface area contributed by atoms with Gasteiger partial charge in [0.25, 0.3) is 0 Å². The Morgan fingerprint density at radius 2 is 1.96 bits per heavy atom. The Kier molecular flexibility index (Phi) is 5.77. The largest absolute Gasteiger partial charge is 0.444 e. The predicted molar refractivity (Wildman–Crippen MR) is 89.7 cm³/mol. The van der Waals surface area contributed by atoms with Gasteiger partial charge in [-0.05, 0) is 39.2 Å². The second-order valence-electron chi connectivity index (χ2n) is 7.56. The molecule has 0 bridgehead atoms. The minimum atomic E-state index is -4.63. The van der Waals surface area contributed by atoms with Crippen molar-refractivity contribution in [2.45, 2.75) is 58.0 Å². The van der Waals surface area contributed by atoms with E-state index in [0.717, 1.165) is 12.1 Å². The topological polar surface area (TPSA) is 62.7 Å². The van der Waals surface area contributed by atoms with E-state index in [2.05, 4.69) is 4.98 Å². The van der Waals surface area contributed by atoms with Crippen molar-refractivity contribution >= 4 is 17.7 Å². The Bertz CT molecular complexity index is 676. The van der Waals surface area contributed by atoms with Gasteiger partial charge in [0, 0.05) is 12.1 Å². The van der Waals surface area contributed by atoms with E-state index in [-0.39, 0.29) is 18.0 Å². The van der Waals surface area contributed by atoms with Crippen LogP contribution in [0.15, 0.2) is 12.1 Å². The third-order valence-electron chi connectivity index (χ3n) is 3.97. The molecule has 0 aromatic carbocycles. The van der Waals surface area contributed by atoms with Gasteiger partial charge >= 0.3 is 12.3 Å². The molecule has 5 nitrogen and oxygen atoms in total. The summed E-state index contributed by atoms with van der Waals surface area (Å²) in [5.74, 6) is -0.00467. The fraction of sp³-hybridized carbons (Fsp3) is 0.647. The van der Waals surface area contributed by atoms with Gasteiger partial charge in [-0.1, -0.05) is 24.6 Å². The highest BCUT2D eigenvalue weighted by molar-refractivity contribution is 6.30. The Morgan fingerprint density at radius 3 is 2.46 bits per heavy atom. The molecular formula is C17H22ClF3N2O3. The summed E-state index contributed by atoms with van der Waals surface area (Å²) in [5.41, 5.74) is -1.73. The summed E-state index contributed by atoms with van der Waals surface area (Å²) in [6, 6.07) is 1.02. The Labute approximate surface area is 155 Å². The maximum atomic E-state index is 12.8. The number of pyridine rings is 1. The van der Waals surface area contributed by atoms with Gasteiger partial charge in [0.15, 0.2) is 0 Å². The number of carbonyl (C=O) groups is 1. The average Bonchev–Trinajstić information content (AvgIpc) is 2.44. The molecule has 2 heterocycles. The van der Waals surface area contributed by atoms with Gasteiger partial charge in [-0.3, -0.25) is 4.90 Å². The normalized spacial score (nSPS) is 24.5. The van der Waals surface area contributed by atoms with E-state index < -0.39 is 40.9 Å².